The van der Waals surface area contributed by atoms with Crippen molar-refractivity contribution in [2.24, 2.45) is 0 Å². The molecule has 0 saturated carbocycles. The second kappa shape index (κ2) is 8.26. The lowest BCUT2D eigenvalue weighted by Crippen LogP contribution is -2.30. The zero-order chi connectivity index (χ0) is 16.8. The van der Waals surface area contributed by atoms with E-state index in [1.807, 2.05) is 54.6 Å². The maximum absolute atomic E-state index is 9.50. The van der Waals surface area contributed by atoms with Crippen LogP contribution in [0.25, 0.3) is 0 Å². The van der Waals surface area contributed by atoms with Crippen molar-refractivity contribution in [1.29, 1.82) is 0 Å². The van der Waals surface area contributed by atoms with Gasteiger partial charge in [0.15, 0.2) is 6.29 Å². The van der Waals surface area contributed by atoms with Gasteiger partial charge in [-0.05, 0) is 17.7 Å². The highest BCUT2D eigenvalue weighted by molar-refractivity contribution is 5.26. The molecule has 1 heterocycles. The van der Waals surface area contributed by atoms with E-state index < -0.39 is 6.29 Å². The molecule has 1 N–H and O–H groups in total. The summed E-state index contributed by atoms with van der Waals surface area (Å²) in [5, 5.41) is 9.50. The van der Waals surface area contributed by atoms with Crippen LogP contribution in [-0.2, 0) is 20.8 Å². The van der Waals surface area contributed by atoms with Gasteiger partial charge in [-0.3, -0.25) is 0 Å². The van der Waals surface area contributed by atoms with E-state index >= 15 is 0 Å². The molecule has 1 unspecified atom stereocenters. The van der Waals surface area contributed by atoms with Crippen LogP contribution in [0.4, 0.5) is 0 Å². The topological polar surface area (TPSA) is 57.2 Å². The average Bonchev–Trinajstić information content (AvgIpc) is 3.06. The van der Waals surface area contributed by atoms with E-state index in [9.17, 15) is 5.11 Å². The van der Waals surface area contributed by atoms with Crippen LogP contribution >= 0.6 is 0 Å². The molecule has 5 heteroatoms. The molecule has 0 bridgehead atoms. The van der Waals surface area contributed by atoms with Crippen LogP contribution in [0.2, 0.25) is 0 Å². The van der Waals surface area contributed by atoms with Crippen molar-refractivity contribution in [3.63, 3.8) is 0 Å². The molecule has 0 amide bonds. The largest absolute Gasteiger partial charge is 0.497 e. The zero-order valence-electron chi connectivity index (χ0n) is 13.6. The van der Waals surface area contributed by atoms with E-state index in [1.165, 1.54) is 0 Å². The Labute approximate surface area is 141 Å². The summed E-state index contributed by atoms with van der Waals surface area (Å²) in [7, 11) is 1.64. The lowest BCUT2D eigenvalue weighted by molar-refractivity contribution is -0.0810. The van der Waals surface area contributed by atoms with Gasteiger partial charge in [0.25, 0.3) is 0 Å². The lowest BCUT2D eigenvalue weighted by Gasteiger charge is -2.14. The summed E-state index contributed by atoms with van der Waals surface area (Å²) in [6.45, 7) is 0.735. The number of methoxy groups -OCH3 is 1. The van der Waals surface area contributed by atoms with Crippen LogP contribution in [0.5, 0.6) is 5.75 Å². The summed E-state index contributed by atoms with van der Waals surface area (Å²) < 4.78 is 22.5. The Morgan fingerprint density at radius 3 is 2.33 bits per heavy atom. The van der Waals surface area contributed by atoms with E-state index in [0.717, 1.165) is 16.9 Å². The quantitative estimate of drug-likeness (QED) is 0.846. The molecule has 0 aromatic heterocycles. The van der Waals surface area contributed by atoms with Gasteiger partial charge >= 0.3 is 0 Å². The fourth-order valence-corrected chi connectivity index (χ4v) is 2.61. The SMILES string of the molecule is COc1ccc(COC[C@H]2OC(c3ccccc3)O[C@@H]2CO)cc1. The molecule has 1 aliphatic rings. The summed E-state index contributed by atoms with van der Waals surface area (Å²) in [6.07, 6.45) is -1.14. The smallest absolute Gasteiger partial charge is 0.184 e. The Balaban J connectivity index is 1.52. The Hall–Kier alpha value is -1.92. The van der Waals surface area contributed by atoms with Crippen LogP contribution in [0.3, 0.4) is 0 Å². The second-order valence-corrected chi connectivity index (χ2v) is 5.64. The zero-order valence-corrected chi connectivity index (χ0v) is 13.6. The fraction of sp³-hybridized carbons (Fsp3) is 0.368. The first kappa shape index (κ1) is 16.9. The standard InChI is InChI=1S/C19H22O5/c1-21-16-9-7-14(8-10-16)12-22-13-18-17(11-20)23-19(24-18)15-5-3-2-4-6-15/h2-10,17-20H,11-13H2,1H3/t17-,18-,19?/m1/s1. The molecule has 1 saturated heterocycles. The van der Waals surface area contributed by atoms with Crippen molar-refractivity contribution in [2.45, 2.75) is 25.1 Å². The van der Waals surface area contributed by atoms with Crippen molar-refractivity contribution in [1.82, 2.24) is 0 Å². The highest BCUT2D eigenvalue weighted by Gasteiger charge is 2.36. The van der Waals surface area contributed by atoms with Crippen LogP contribution in [0, 0.1) is 0 Å². The number of benzene rings is 2. The van der Waals surface area contributed by atoms with Gasteiger partial charge in [-0.2, -0.15) is 0 Å². The summed E-state index contributed by atoms with van der Waals surface area (Å²) in [6, 6.07) is 17.4. The molecule has 128 valence electrons. The average molecular weight is 330 g/mol. The highest BCUT2D eigenvalue weighted by atomic mass is 16.7. The minimum atomic E-state index is -0.460. The van der Waals surface area contributed by atoms with Gasteiger partial charge in [-0.15, -0.1) is 0 Å². The summed E-state index contributed by atoms with van der Waals surface area (Å²) in [4.78, 5) is 0. The third-order valence-corrected chi connectivity index (χ3v) is 3.97. The predicted molar refractivity (Wildman–Crippen MR) is 88.7 cm³/mol. The van der Waals surface area contributed by atoms with Crippen LogP contribution in [0.15, 0.2) is 54.6 Å². The van der Waals surface area contributed by atoms with Gasteiger partial charge in [0.05, 0.1) is 26.9 Å². The summed E-state index contributed by atoms with van der Waals surface area (Å²) in [5.74, 6) is 0.817. The van der Waals surface area contributed by atoms with Crippen LogP contribution < -0.4 is 4.74 Å². The molecule has 3 rings (SSSR count). The summed E-state index contributed by atoms with van der Waals surface area (Å²) >= 11 is 0. The third-order valence-electron chi connectivity index (χ3n) is 3.97. The Morgan fingerprint density at radius 1 is 0.958 bits per heavy atom. The minimum absolute atomic E-state index is 0.0973. The van der Waals surface area contributed by atoms with Gasteiger partial charge < -0.3 is 24.1 Å². The second-order valence-electron chi connectivity index (χ2n) is 5.64. The van der Waals surface area contributed by atoms with Gasteiger partial charge in [-0.1, -0.05) is 42.5 Å². The molecule has 24 heavy (non-hydrogen) atoms. The van der Waals surface area contributed by atoms with E-state index in [2.05, 4.69) is 0 Å². The minimum Gasteiger partial charge on any atom is -0.497 e. The first-order chi connectivity index (χ1) is 11.8. The van der Waals surface area contributed by atoms with Gasteiger partial charge in [0.2, 0.25) is 0 Å². The van der Waals surface area contributed by atoms with E-state index in [4.69, 9.17) is 18.9 Å². The molecular formula is C19H22O5. The number of hydrogen-bond donors (Lipinski definition) is 1. The number of aliphatic hydroxyl groups is 1. The van der Waals surface area contributed by atoms with Crippen LogP contribution in [0.1, 0.15) is 17.4 Å². The Kier molecular flexibility index (Phi) is 5.82. The summed E-state index contributed by atoms with van der Waals surface area (Å²) in [5.41, 5.74) is 1.99. The molecule has 2 aromatic rings. The monoisotopic (exact) mass is 330 g/mol. The number of hydrogen-bond acceptors (Lipinski definition) is 5. The molecule has 3 atom stereocenters. The van der Waals surface area contributed by atoms with Crippen molar-refractivity contribution >= 4 is 0 Å². The predicted octanol–water partition coefficient (Wildman–Crippen LogP) is 2.69. The maximum atomic E-state index is 9.50. The van der Waals surface area contributed by atoms with Gasteiger partial charge in [0, 0.05) is 5.56 Å². The fourth-order valence-electron chi connectivity index (χ4n) is 2.61. The molecular weight excluding hydrogens is 308 g/mol. The maximum Gasteiger partial charge on any atom is 0.184 e. The van der Waals surface area contributed by atoms with Crippen molar-refractivity contribution < 1.29 is 24.1 Å². The van der Waals surface area contributed by atoms with Crippen molar-refractivity contribution in [3.05, 3.63) is 65.7 Å². The molecule has 1 fully saturated rings. The first-order valence-electron chi connectivity index (χ1n) is 7.97. The Bertz CT molecular complexity index is 613. The highest BCUT2D eigenvalue weighted by Crippen LogP contribution is 2.31. The van der Waals surface area contributed by atoms with Crippen LogP contribution in [-0.4, -0.2) is 37.6 Å². The number of rotatable bonds is 7. The van der Waals surface area contributed by atoms with Gasteiger partial charge in [-0.25, -0.2) is 0 Å². The first-order valence-corrected chi connectivity index (χ1v) is 7.97. The number of ether oxygens (including phenoxy) is 4. The van der Waals surface area contributed by atoms with E-state index in [-0.39, 0.29) is 18.8 Å². The lowest BCUT2D eigenvalue weighted by atomic mass is 10.2. The molecule has 2 aromatic carbocycles. The molecule has 0 spiro atoms. The molecule has 1 aliphatic heterocycles. The molecule has 0 aliphatic carbocycles. The molecule has 0 radical (unpaired) electrons. The van der Waals surface area contributed by atoms with Crippen molar-refractivity contribution in [2.75, 3.05) is 20.3 Å². The number of aliphatic hydroxyl groups excluding tert-OH is 1. The van der Waals surface area contributed by atoms with Crippen molar-refractivity contribution in [3.8, 4) is 5.75 Å². The van der Waals surface area contributed by atoms with E-state index in [1.54, 1.807) is 7.11 Å². The Morgan fingerprint density at radius 2 is 1.67 bits per heavy atom. The van der Waals surface area contributed by atoms with Gasteiger partial charge in [0.1, 0.15) is 18.0 Å². The van der Waals surface area contributed by atoms with E-state index in [0.29, 0.717) is 13.2 Å². The normalized spacial score (nSPS) is 23.3. The molecule has 5 nitrogen and oxygen atoms in total. The third kappa shape index (κ3) is 4.13.